The molecule has 1 saturated heterocycles. The summed E-state index contributed by atoms with van der Waals surface area (Å²) in [4.78, 5) is 13.7. The first-order valence-electron chi connectivity index (χ1n) is 6.69. The SMILES string of the molecule is CC1CCN(CC(=O)Nc2c(F)cccc2F)CC1N. The second-order valence-corrected chi connectivity index (χ2v) is 5.31. The van der Waals surface area contributed by atoms with Crippen LogP contribution in [0.1, 0.15) is 13.3 Å². The maximum absolute atomic E-state index is 13.4. The van der Waals surface area contributed by atoms with Gasteiger partial charge in [-0.25, -0.2) is 8.78 Å². The van der Waals surface area contributed by atoms with E-state index in [1.54, 1.807) is 0 Å². The zero-order valence-corrected chi connectivity index (χ0v) is 11.4. The molecule has 0 bridgehead atoms. The van der Waals surface area contributed by atoms with Crippen LogP contribution in [0.15, 0.2) is 18.2 Å². The Morgan fingerprint density at radius 1 is 1.45 bits per heavy atom. The van der Waals surface area contributed by atoms with Crippen molar-refractivity contribution >= 4 is 11.6 Å². The fourth-order valence-electron chi connectivity index (χ4n) is 2.31. The maximum atomic E-state index is 13.4. The second-order valence-electron chi connectivity index (χ2n) is 5.31. The zero-order valence-electron chi connectivity index (χ0n) is 11.4. The lowest BCUT2D eigenvalue weighted by Crippen LogP contribution is -2.49. The molecule has 1 fully saturated rings. The molecule has 6 heteroatoms. The van der Waals surface area contributed by atoms with Crippen molar-refractivity contribution in [2.45, 2.75) is 19.4 Å². The molecule has 1 aliphatic rings. The van der Waals surface area contributed by atoms with E-state index in [0.29, 0.717) is 12.5 Å². The molecule has 1 aliphatic heterocycles. The number of nitrogens with one attached hydrogen (secondary N) is 1. The molecule has 2 rings (SSSR count). The lowest BCUT2D eigenvalue weighted by molar-refractivity contribution is -0.117. The highest BCUT2D eigenvalue weighted by molar-refractivity contribution is 5.92. The van der Waals surface area contributed by atoms with Gasteiger partial charge < -0.3 is 11.1 Å². The summed E-state index contributed by atoms with van der Waals surface area (Å²) in [6.45, 7) is 3.56. The maximum Gasteiger partial charge on any atom is 0.238 e. The number of hydrogen-bond acceptors (Lipinski definition) is 3. The zero-order chi connectivity index (χ0) is 14.7. The number of rotatable bonds is 3. The molecule has 1 heterocycles. The minimum absolute atomic E-state index is 0.0294. The van der Waals surface area contributed by atoms with Gasteiger partial charge in [-0.2, -0.15) is 0 Å². The van der Waals surface area contributed by atoms with Crippen molar-refractivity contribution in [2.24, 2.45) is 11.7 Å². The van der Waals surface area contributed by atoms with Crippen LogP contribution in [0.4, 0.5) is 14.5 Å². The van der Waals surface area contributed by atoms with Gasteiger partial charge in [0, 0.05) is 12.6 Å². The first kappa shape index (κ1) is 14.9. The molecule has 2 unspecified atom stereocenters. The van der Waals surface area contributed by atoms with Crippen molar-refractivity contribution in [3.8, 4) is 0 Å². The molecule has 4 nitrogen and oxygen atoms in total. The van der Waals surface area contributed by atoms with Crippen molar-refractivity contribution in [3.63, 3.8) is 0 Å². The van der Waals surface area contributed by atoms with Crippen LogP contribution in [0, 0.1) is 17.6 Å². The predicted octanol–water partition coefficient (Wildman–Crippen LogP) is 1.57. The van der Waals surface area contributed by atoms with E-state index in [2.05, 4.69) is 12.2 Å². The van der Waals surface area contributed by atoms with Gasteiger partial charge in [0.15, 0.2) is 0 Å². The Kier molecular flexibility index (Phi) is 4.67. The minimum Gasteiger partial charge on any atom is -0.326 e. The summed E-state index contributed by atoms with van der Waals surface area (Å²) in [7, 11) is 0. The van der Waals surface area contributed by atoms with Gasteiger partial charge in [-0.05, 0) is 31.0 Å². The third-order valence-corrected chi connectivity index (χ3v) is 3.69. The van der Waals surface area contributed by atoms with Crippen LogP contribution in [0.3, 0.4) is 0 Å². The molecule has 110 valence electrons. The van der Waals surface area contributed by atoms with Gasteiger partial charge in [-0.3, -0.25) is 9.69 Å². The monoisotopic (exact) mass is 283 g/mol. The number of piperidine rings is 1. The van der Waals surface area contributed by atoms with Gasteiger partial charge in [0.25, 0.3) is 0 Å². The van der Waals surface area contributed by atoms with Crippen molar-refractivity contribution in [1.82, 2.24) is 4.90 Å². The summed E-state index contributed by atoms with van der Waals surface area (Å²) in [5.41, 5.74) is 5.56. The standard InChI is InChI=1S/C14H19F2N3O/c1-9-5-6-19(7-12(9)17)8-13(20)18-14-10(15)3-2-4-11(14)16/h2-4,9,12H,5-8,17H2,1H3,(H,18,20). The van der Waals surface area contributed by atoms with Gasteiger partial charge in [-0.15, -0.1) is 0 Å². The average Bonchev–Trinajstić information content (AvgIpc) is 2.38. The van der Waals surface area contributed by atoms with Crippen LogP contribution >= 0.6 is 0 Å². The molecule has 0 radical (unpaired) electrons. The number of benzene rings is 1. The van der Waals surface area contributed by atoms with Crippen LogP contribution in [0.25, 0.3) is 0 Å². The van der Waals surface area contributed by atoms with E-state index in [1.807, 2.05) is 4.90 Å². The third kappa shape index (κ3) is 3.52. The molecular weight excluding hydrogens is 264 g/mol. The predicted molar refractivity (Wildman–Crippen MR) is 73.2 cm³/mol. The van der Waals surface area contributed by atoms with Gasteiger partial charge in [-0.1, -0.05) is 13.0 Å². The highest BCUT2D eigenvalue weighted by Gasteiger charge is 2.24. The van der Waals surface area contributed by atoms with Crippen LogP contribution in [0.2, 0.25) is 0 Å². The van der Waals surface area contributed by atoms with Crippen LogP contribution < -0.4 is 11.1 Å². The molecule has 20 heavy (non-hydrogen) atoms. The Labute approximate surface area is 116 Å². The second kappa shape index (κ2) is 6.28. The van der Waals surface area contributed by atoms with Crippen molar-refractivity contribution in [1.29, 1.82) is 0 Å². The quantitative estimate of drug-likeness (QED) is 0.885. The molecule has 0 aliphatic carbocycles. The minimum atomic E-state index is -0.776. The largest absolute Gasteiger partial charge is 0.326 e. The highest BCUT2D eigenvalue weighted by Crippen LogP contribution is 2.19. The average molecular weight is 283 g/mol. The van der Waals surface area contributed by atoms with Gasteiger partial charge in [0.2, 0.25) is 5.91 Å². The van der Waals surface area contributed by atoms with Crippen LogP contribution in [0.5, 0.6) is 0 Å². The lowest BCUT2D eigenvalue weighted by Gasteiger charge is -2.34. The number of hydrogen-bond donors (Lipinski definition) is 2. The Hall–Kier alpha value is -1.53. The van der Waals surface area contributed by atoms with Crippen LogP contribution in [-0.4, -0.2) is 36.5 Å². The van der Waals surface area contributed by atoms with E-state index in [9.17, 15) is 13.6 Å². The van der Waals surface area contributed by atoms with E-state index < -0.39 is 23.2 Å². The molecular formula is C14H19F2N3O. The van der Waals surface area contributed by atoms with E-state index in [4.69, 9.17) is 5.73 Å². The smallest absolute Gasteiger partial charge is 0.238 e. The summed E-state index contributed by atoms with van der Waals surface area (Å²) in [5.74, 6) is -1.56. The summed E-state index contributed by atoms with van der Waals surface area (Å²) < 4.78 is 26.8. The molecule has 0 aromatic heterocycles. The number of carbonyl (C=O) groups is 1. The number of amides is 1. The molecule has 1 amide bonds. The van der Waals surface area contributed by atoms with Gasteiger partial charge >= 0.3 is 0 Å². The van der Waals surface area contributed by atoms with E-state index in [1.165, 1.54) is 6.07 Å². The first-order valence-corrected chi connectivity index (χ1v) is 6.69. The number of nitrogens with zero attached hydrogens (tertiary/aromatic N) is 1. The van der Waals surface area contributed by atoms with Crippen LogP contribution in [-0.2, 0) is 4.79 Å². The molecule has 3 N–H and O–H groups in total. The summed E-state index contributed by atoms with van der Waals surface area (Å²) in [5, 5.41) is 2.28. The lowest BCUT2D eigenvalue weighted by atomic mass is 9.94. The number of anilines is 1. The Morgan fingerprint density at radius 3 is 2.70 bits per heavy atom. The fourth-order valence-corrected chi connectivity index (χ4v) is 2.31. The van der Waals surface area contributed by atoms with E-state index in [-0.39, 0.29) is 12.6 Å². The van der Waals surface area contributed by atoms with E-state index in [0.717, 1.165) is 25.1 Å². The number of likely N-dealkylation sites (tertiary alicyclic amines) is 1. The van der Waals surface area contributed by atoms with Gasteiger partial charge in [0.05, 0.1) is 6.54 Å². The Morgan fingerprint density at radius 2 is 2.10 bits per heavy atom. The molecule has 0 saturated carbocycles. The molecule has 0 spiro atoms. The van der Waals surface area contributed by atoms with Crippen molar-refractivity contribution in [3.05, 3.63) is 29.8 Å². The van der Waals surface area contributed by atoms with Crippen molar-refractivity contribution < 1.29 is 13.6 Å². The molecule has 2 atom stereocenters. The highest BCUT2D eigenvalue weighted by atomic mass is 19.1. The van der Waals surface area contributed by atoms with E-state index >= 15 is 0 Å². The Bertz CT molecular complexity index is 475. The summed E-state index contributed by atoms with van der Waals surface area (Å²) in [6.07, 6.45) is 0.919. The summed E-state index contributed by atoms with van der Waals surface area (Å²) >= 11 is 0. The molecule has 1 aromatic carbocycles. The summed E-state index contributed by atoms with van der Waals surface area (Å²) in [6, 6.07) is 3.50. The fraction of sp³-hybridized carbons (Fsp3) is 0.500. The number of para-hydroxylation sites is 1. The third-order valence-electron chi connectivity index (χ3n) is 3.69. The number of carbonyl (C=O) groups excluding carboxylic acids is 1. The first-order chi connectivity index (χ1) is 9.47. The topological polar surface area (TPSA) is 58.4 Å². The van der Waals surface area contributed by atoms with Gasteiger partial charge in [0.1, 0.15) is 17.3 Å². The number of halogens is 2. The van der Waals surface area contributed by atoms with Crippen molar-refractivity contribution in [2.75, 3.05) is 25.0 Å². The Balaban J connectivity index is 1.93. The molecule has 1 aromatic rings. The normalized spacial score (nSPS) is 23.6. The number of nitrogens with two attached hydrogens (primary N) is 1.